The largest absolute Gasteiger partial charge is 0.388 e. The average molecular weight is 618 g/mol. The Kier molecular flexibility index (Phi) is 10.8. The van der Waals surface area contributed by atoms with Gasteiger partial charge in [-0.15, -0.1) is 11.8 Å². The number of hydrogen-bond donors (Lipinski definition) is 3. The van der Waals surface area contributed by atoms with E-state index >= 15 is 0 Å². The van der Waals surface area contributed by atoms with Crippen LogP contribution in [0, 0.1) is 0 Å². The Bertz CT molecular complexity index is 1460. The summed E-state index contributed by atoms with van der Waals surface area (Å²) in [6.07, 6.45) is 4.45. The normalized spacial score (nSPS) is 18.5. The van der Waals surface area contributed by atoms with Crippen LogP contribution in [0.3, 0.4) is 0 Å². The number of anilines is 2. The molecular weight excluding hydrogens is 574 g/mol. The van der Waals surface area contributed by atoms with Gasteiger partial charge in [0.2, 0.25) is 5.95 Å². The predicted octanol–water partition coefficient (Wildman–Crippen LogP) is 8.07. The Morgan fingerprint density at radius 2 is 1.53 bits per heavy atom. The number of fused-ring (bicyclic) bond motifs is 1. The molecule has 3 N–H and O–H groups in total. The van der Waals surface area contributed by atoms with Crippen molar-refractivity contribution in [3.63, 3.8) is 0 Å². The van der Waals surface area contributed by atoms with E-state index in [4.69, 9.17) is 21.6 Å². The molecule has 8 heteroatoms. The van der Waals surface area contributed by atoms with Crippen molar-refractivity contribution < 1.29 is 5.11 Å². The topological polar surface area (TPSA) is 73.3 Å². The lowest BCUT2D eigenvalue weighted by molar-refractivity contribution is 0.165. The van der Waals surface area contributed by atoms with E-state index in [-0.39, 0.29) is 5.25 Å². The van der Waals surface area contributed by atoms with Crippen LogP contribution in [0.5, 0.6) is 0 Å². The van der Waals surface area contributed by atoms with Gasteiger partial charge in [0.05, 0.1) is 11.6 Å². The molecule has 6 nitrogen and oxygen atoms in total. The van der Waals surface area contributed by atoms with Gasteiger partial charge in [0.1, 0.15) is 5.82 Å². The molecule has 1 heterocycles. The zero-order valence-corrected chi connectivity index (χ0v) is 27.2. The van der Waals surface area contributed by atoms with Gasteiger partial charge in [-0.2, -0.15) is 4.98 Å². The number of nitrogens with one attached hydrogen (secondary N) is 2. The fourth-order valence-electron chi connectivity index (χ4n) is 5.75. The quantitative estimate of drug-likeness (QED) is 0.139. The van der Waals surface area contributed by atoms with Crippen LogP contribution in [-0.4, -0.2) is 53.0 Å². The predicted molar refractivity (Wildman–Crippen MR) is 183 cm³/mol. The van der Waals surface area contributed by atoms with Gasteiger partial charge in [0.15, 0.2) is 0 Å². The lowest BCUT2D eigenvalue weighted by Gasteiger charge is -2.31. The van der Waals surface area contributed by atoms with Gasteiger partial charge in [0, 0.05) is 53.3 Å². The van der Waals surface area contributed by atoms with Gasteiger partial charge in [-0.25, -0.2) is 4.98 Å². The average Bonchev–Trinajstić information content (AvgIpc) is 3.01. The van der Waals surface area contributed by atoms with E-state index in [0.717, 1.165) is 59.5 Å². The molecule has 1 aliphatic carbocycles. The number of aliphatic hydroxyl groups excluding tert-OH is 1. The smallest absolute Gasteiger partial charge is 0.225 e. The molecule has 1 saturated carbocycles. The number of nitrogens with zero attached hydrogens (tertiary/aromatic N) is 3. The molecule has 1 fully saturated rings. The maximum Gasteiger partial charge on any atom is 0.225 e. The number of rotatable bonds is 12. The Morgan fingerprint density at radius 3 is 2.21 bits per heavy atom. The summed E-state index contributed by atoms with van der Waals surface area (Å²) < 4.78 is 0. The third kappa shape index (κ3) is 8.63. The van der Waals surface area contributed by atoms with Crippen LogP contribution in [0.25, 0.3) is 10.9 Å². The van der Waals surface area contributed by atoms with Crippen molar-refractivity contribution in [2.24, 2.45) is 0 Å². The van der Waals surface area contributed by atoms with Gasteiger partial charge in [0.25, 0.3) is 0 Å². The fourth-order valence-corrected chi connectivity index (χ4v) is 7.02. The van der Waals surface area contributed by atoms with Gasteiger partial charge < -0.3 is 20.6 Å². The molecule has 2 unspecified atom stereocenters. The van der Waals surface area contributed by atoms with Gasteiger partial charge in [-0.1, -0.05) is 61.8 Å². The highest BCUT2D eigenvalue weighted by atomic mass is 35.5. The number of aromatic nitrogens is 2. The highest BCUT2D eigenvalue weighted by molar-refractivity contribution is 8.00. The van der Waals surface area contributed by atoms with E-state index < -0.39 is 6.10 Å². The summed E-state index contributed by atoms with van der Waals surface area (Å²) >= 11 is 7.95. The molecule has 0 aliphatic heterocycles. The van der Waals surface area contributed by atoms with E-state index in [2.05, 4.69) is 66.9 Å². The van der Waals surface area contributed by atoms with Gasteiger partial charge in [-0.3, -0.25) is 0 Å². The van der Waals surface area contributed by atoms with E-state index in [0.29, 0.717) is 30.4 Å². The molecule has 1 aromatic heterocycles. The molecule has 0 saturated heterocycles. The summed E-state index contributed by atoms with van der Waals surface area (Å²) in [5.74, 6) is 2.11. The number of aliphatic hydroxyl groups is 1. The SMILES string of the molecule is CC(C)c1ccc(C(O)CC(CN[C@H]2CC[C@@H](Nc3nc(N(C)C)c4ccccc4n3)CC2)Sc2ccc(Cl)cc2)cc1. The Balaban J connectivity index is 1.18. The lowest BCUT2D eigenvalue weighted by atomic mass is 9.91. The van der Waals surface area contributed by atoms with Crippen molar-refractivity contribution in [3.05, 3.63) is 88.9 Å². The van der Waals surface area contributed by atoms with Crippen molar-refractivity contribution in [1.82, 2.24) is 15.3 Å². The zero-order valence-electron chi connectivity index (χ0n) is 25.6. The highest BCUT2D eigenvalue weighted by Gasteiger charge is 2.24. The van der Waals surface area contributed by atoms with Crippen LogP contribution >= 0.6 is 23.4 Å². The second kappa shape index (κ2) is 14.8. The second-order valence-corrected chi connectivity index (χ2v) is 14.0. The van der Waals surface area contributed by atoms with Gasteiger partial charge >= 0.3 is 0 Å². The van der Waals surface area contributed by atoms with Crippen LogP contribution in [0.15, 0.2) is 77.7 Å². The molecule has 1 aliphatic rings. The Hall–Kier alpha value is -2.84. The summed E-state index contributed by atoms with van der Waals surface area (Å²) in [6, 6.07) is 25.4. The number of hydrogen-bond acceptors (Lipinski definition) is 7. The highest BCUT2D eigenvalue weighted by Crippen LogP contribution is 2.32. The minimum atomic E-state index is -0.512. The molecule has 228 valence electrons. The summed E-state index contributed by atoms with van der Waals surface area (Å²) in [4.78, 5) is 12.9. The maximum absolute atomic E-state index is 11.2. The molecule has 0 bridgehead atoms. The molecule has 0 spiro atoms. The maximum atomic E-state index is 11.2. The second-order valence-electron chi connectivity index (χ2n) is 12.2. The zero-order chi connectivity index (χ0) is 30.3. The summed E-state index contributed by atoms with van der Waals surface area (Å²) in [7, 11) is 4.05. The summed E-state index contributed by atoms with van der Waals surface area (Å²) in [5.41, 5.74) is 3.23. The lowest BCUT2D eigenvalue weighted by Crippen LogP contribution is -2.40. The third-order valence-electron chi connectivity index (χ3n) is 8.29. The fraction of sp³-hybridized carbons (Fsp3) is 0.429. The van der Waals surface area contributed by atoms with E-state index in [1.165, 1.54) is 10.5 Å². The Morgan fingerprint density at radius 1 is 0.884 bits per heavy atom. The number of halogens is 1. The Labute approximate surface area is 265 Å². The monoisotopic (exact) mass is 617 g/mol. The first kappa shape index (κ1) is 31.6. The standard InChI is InChI=1S/C35H44ClN5OS/c1-23(2)24-9-11-25(12-10-24)33(42)21-30(43-29-19-13-26(36)14-20-29)22-37-27-15-17-28(18-16-27)38-35-39-32-8-6-5-7-31(32)34(40-35)41(3)4/h5-14,19-20,23,27-28,30,33,37,42H,15-18,21-22H2,1-4H3,(H,38,39,40)/t27-,28+,30?,33?. The molecule has 2 atom stereocenters. The van der Waals surface area contributed by atoms with Crippen molar-refractivity contribution in [2.75, 3.05) is 30.9 Å². The van der Waals surface area contributed by atoms with Crippen molar-refractivity contribution in [3.8, 4) is 0 Å². The van der Waals surface area contributed by atoms with Crippen LogP contribution < -0.4 is 15.5 Å². The van der Waals surface area contributed by atoms with Gasteiger partial charge in [-0.05, 0) is 85.5 Å². The van der Waals surface area contributed by atoms with Crippen molar-refractivity contribution >= 4 is 46.0 Å². The van der Waals surface area contributed by atoms with E-state index in [1.807, 2.05) is 61.1 Å². The molecule has 5 rings (SSSR count). The summed E-state index contributed by atoms with van der Waals surface area (Å²) in [5, 5.41) is 20.7. The molecule has 0 radical (unpaired) electrons. The van der Waals surface area contributed by atoms with Crippen LogP contribution in [0.1, 0.15) is 69.1 Å². The minimum Gasteiger partial charge on any atom is -0.388 e. The van der Waals surface area contributed by atoms with Crippen LogP contribution in [-0.2, 0) is 0 Å². The first-order chi connectivity index (χ1) is 20.7. The summed E-state index contributed by atoms with van der Waals surface area (Å²) in [6.45, 7) is 5.21. The molecular formula is C35H44ClN5OS. The van der Waals surface area contributed by atoms with Crippen LogP contribution in [0.2, 0.25) is 5.02 Å². The van der Waals surface area contributed by atoms with E-state index in [9.17, 15) is 5.11 Å². The third-order valence-corrected chi connectivity index (χ3v) is 9.78. The number of para-hydroxylation sites is 1. The minimum absolute atomic E-state index is 0.215. The first-order valence-electron chi connectivity index (χ1n) is 15.4. The first-order valence-corrected chi connectivity index (χ1v) is 16.6. The molecule has 43 heavy (non-hydrogen) atoms. The number of thioether (sulfide) groups is 1. The van der Waals surface area contributed by atoms with Crippen molar-refractivity contribution in [2.45, 2.75) is 80.2 Å². The van der Waals surface area contributed by atoms with Crippen LogP contribution in [0.4, 0.5) is 11.8 Å². The molecule has 3 aromatic carbocycles. The molecule has 0 amide bonds. The molecule has 4 aromatic rings. The van der Waals surface area contributed by atoms with E-state index in [1.54, 1.807) is 0 Å². The van der Waals surface area contributed by atoms with Crippen molar-refractivity contribution in [1.29, 1.82) is 0 Å². The number of benzene rings is 3.